The Balaban J connectivity index is 2.00. The van der Waals surface area contributed by atoms with Crippen LogP contribution in [0.4, 0.5) is 8.78 Å². The molecule has 0 aliphatic heterocycles. The van der Waals surface area contributed by atoms with Crippen molar-refractivity contribution in [2.45, 2.75) is 4.90 Å². The summed E-state index contributed by atoms with van der Waals surface area (Å²) in [6.45, 7) is 0. The van der Waals surface area contributed by atoms with Gasteiger partial charge in [0.05, 0.1) is 0 Å². The molecule has 0 atom stereocenters. The van der Waals surface area contributed by atoms with Crippen LogP contribution in [0.2, 0.25) is 0 Å². The van der Waals surface area contributed by atoms with Crippen LogP contribution in [-0.4, -0.2) is 6.21 Å². The molecule has 0 N–H and O–H groups in total. The van der Waals surface area contributed by atoms with Gasteiger partial charge in [0, 0.05) is 23.1 Å². The second-order valence-corrected chi connectivity index (χ2v) is 4.20. The summed E-state index contributed by atoms with van der Waals surface area (Å²) in [4.78, 5) is 0.725. The minimum absolute atomic E-state index is 0.278. The van der Waals surface area contributed by atoms with Crippen LogP contribution in [0.3, 0.4) is 0 Å². The van der Waals surface area contributed by atoms with Gasteiger partial charge in [-0.05, 0) is 35.9 Å². The van der Waals surface area contributed by atoms with Crippen LogP contribution in [0.15, 0.2) is 57.8 Å². The molecule has 0 aromatic heterocycles. The van der Waals surface area contributed by atoms with Crippen molar-refractivity contribution in [1.82, 2.24) is 0 Å². The standard InChI is InChI=1S/C13H9F2NS/c14-11-6-4-10(5-7-11)9-16-17-13-3-1-2-12(15)8-13/h1-9H/b16-9+. The highest BCUT2D eigenvalue weighted by Gasteiger charge is 1.94. The van der Waals surface area contributed by atoms with Crippen molar-refractivity contribution >= 4 is 18.2 Å². The molecule has 0 heterocycles. The molecule has 0 unspecified atom stereocenters. The van der Waals surface area contributed by atoms with Crippen molar-refractivity contribution in [2.24, 2.45) is 4.40 Å². The predicted molar refractivity (Wildman–Crippen MR) is 66.3 cm³/mol. The fourth-order valence-electron chi connectivity index (χ4n) is 1.22. The number of hydrogen-bond acceptors (Lipinski definition) is 2. The lowest BCUT2D eigenvalue weighted by atomic mass is 10.2. The average Bonchev–Trinajstić information content (AvgIpc) is 2.32. The number of rotatable bonds is 3. The molecule has 17 heavy (non-hydrogen) atoms. The highest BCUT2D eigenvalue weighted by molar-refractivity contribution is 7.98. The molecule has 86 valence electrons. The smallest absolute Gasteiger partial charge is 0.124 e. The van der Waals surface area contributed by atoms with Gasteiger partial charge in [-0.25, -0.2) is 13.2 Å². The Morgan fingerprint density at radius 1 is 0.941 bits per heavy atom. The second-order valence-electron chi connectivity index (χ2n) is 3.33. The fraction of sp³-hybridized carbons (Fsp3) is 0. The molecule has 0 saturated heterocycles. The van der Waals surface area contributed by atoms with Crippen molar-refractivity contribution < 1.29 is 8.78 Å². The van der Waals surface area contributed by atoms with E-state index in [1.165, 1.54) is 36.2 Å². The Morgan fingerprint density at radius 3 is 2.41 bits per heavy atom. The van der Waals surface area contributed by atoms with Crippen LogP contribution in [0.25, 0.3) is 0 Å². The SMILES string of the molecule is Fc1ccc(/C=N/Sc2cccc(F)c2)cc1. The third-order valence-electron chi connectivity index (χ3n) is 2.03. The Bertz CT molecular complexity index is 523. The van der Waals surface area contributed by atoms with Gasteiger partial charge in [0.1, 0.15) is 11.6 Å². The summed E-state index contributed by atoms with van der Waals surface area (Å²) in [5.41, 5.74) is 0.801. The molecule has 2 rings (SSSR count). The van der Waals surface area contributed by atoms with Crippen LogP contribution < -0.4 is 0 Å². The average molecular weight is 249 g/mol. The fourth-order valence-corrected chi connectivity index (χ4v) is 1.82. The van der Waals surface area contributed by atoms with Crippen LogP contribution in [-0.2, 0) is 0 Å². The maximum Gasteiger partial charge on any atom is 0.124 e. The van der Waals surface area contributed by atoms with Crippen LogP contribution in [0, 0.1) is 11.6 Å². The van der Waals surface area contributed by atoms with Gasteiger partial charge in [-0.1, -0.05) is 18.2 Å². The van der Waals surface area contributed by atoms with Gasteiger partial charge < -0.3 is 0 Å². The predicted octanol–water partition coefficient (Wildman–Crippen LogP) is 4.09. The molecule has 0 aliphatic carbocycles. The summed E-state index contributed by atoms with van der Waals surface area (Å²) >= 11 is 1.17. The molecule has 4 heteroatoms. The number of benzene rings is 2. The van der Waals surface area contributed by atoms with Crippen LogP contribution >= 0.6 is 11.9 Å². The van der Waals surface area contributed by atoms with E-state index in [1.807, 2.05) is 0 Å². The van der Waals surface area contributed by atoms with E-state index in [4.69, 9.17) is 0 Å². The van der Waals surface area contributed by atoms with Crippen LogP contribution in [0.5, 0.6) is 0 Å². The van der Waals surface area contributed by atoms with Gasteiger partial charge in [0.2, 0.25) is 0 Å². The largest absolute Gasteiger partial charge is 0.219 e. The van der Waals surface area contributed by atoms with E-state index < -0.39 is 0 Å². The molecule has 0 radical (unpaired) electrons. The Kier molecular flexibility index (Phi) is 3.88. The minimum atomic E-state index is -0.285. The second kappa shape index (κ2) is 5.59. The van der Waals surface area contributed by atoms with Gasteiger partial charge in [0.25, 0.3) is 0 Å². The third kappa shape index (κ3) is 3.67. The van der Waals surface area contributed by atoms with Crippen molar-refractivity contribution in [3.63, 3.8) is 0 Å². The van der Waals surface area contributed by atoms with Gasteiger partial charge in [-0.3, -0.25) is 0 Å². The highest BCUT2D eigenvalue weighted by atomic mass is 32.2. The number of halogens is 2. The van der Waals surface area contributed by atoms with E-state index in [0.29, 0.717) is 0 Å². The van der Waals surface area contributed by atoms with Gasteiger partial charge >= 0.3 is 0 Å². The topological polar surface area (TPSA) is 12.4 Å². The van der Waals surface area contributed by atoms with E-state index in [2.05, 4.69) is 4.40 Å². The van der Waals surface area contributed by atoms with Gasteiger partial charge in [0.15, 0.2) is 0 Å². The lowest BCUT2D eigenvalue weighted by molar-refractivity contribution is 0.624. The normalized spacial score (nSPS) is 10.9. The van der Waals surface area contributed by atoms with Crippen molar-refractivity contribution in [3.8, 4) is 0 Å². The lowest BCUT2D eigenvalue weighted by Crippen LogP contribution is -1.80. The Labute approximate surface area is 102 Å². The first kappa shape index (κ1) is 11.8. The van der Waals surface area contributed by atoms with Gasteiger partial charge in [-0.2, -0.15) is 0 Å². The summed E-state index contributed by atoms with van der Waals surface area (Å²) in [5, 5.41) is 0. The molecule has 0 fully saturated rings. The zero-order valence-electron chi connectivity index (χ0n) is 8.81. The number of nitrogens with zero attached hydrogens (tertiary/aromatic N) is 1. The monoisotopic (exact) mass is 249 g/mol. The molecule has 0 spiro atoms. The summed E-state index contributed by atoms with van der Waals surface area (Å²) in [7, 11) is 0. The highest BCUT2D eigenvalue weighted by Crippen LogP contribution is 2.19. The Morgan fingerprint density at radius 2 is 1.71 bits per heavy atom. The summed E-state index contributed by atoms with van der Waals surface area (Å²) < 4.78 is 29.6. The minimum Gasteiger partial charge on any atom is -0.219 e. The molecule has 2 aromatic carbocycles. The summed E-state index contributed by atoms with van der Waals surface area (Å²) in [5.74, 6) is -0.563. The first-order valence-electron chi connectivity index (χ1n) is 4.95. The molecule has 1 nitrogen and oxygen atoms in total. The zero-order chi connectivity index (χ0) is 12.1. The summed E-state index contributed by atoms with van der Waals surface area (Å²) in [6, 6.07) is 12.2. The third-order valence-corrected chi connectivity index (χ3v) is 2.70. The molecule has 0 amide bonds. The first-order chi connectivity index (χ1) is 8.24. The first-order valence-corrected chi connectivity index (χ1v) is 5.73. The van der Waals surface area contributed by atoms with E-state index >= 15 is 0 Å². The lowest BCUT2D eigenvalue weighted by Gasteiger charge is -1.95. The van der Waals surface area contributed by atoms with Crippen molar-refractivity contribution in [3.05, 3.63) is 65.7 Å². The molecular weight excluding hydrogens is 240 g/mol. The number of hydrogen-bond donors (Lipinski definition) is 0. The van der Waals surface area contributed by atoms with E-state index in [1.54, 1.807) is 30.5 Å². The molecule has 0 saturated carbocycles. The molecule has 0 aliphatic rings. The van der Waals surface area contributed by atoms with E-state index in [-0.39, 0.29) is 11.6 Å². The quantitative estimate of drug-likeness (QED) is 0.589. The molecule has 0 bridgehead atoms. The van der Waals surface area contributed by atoms with E-state index in [9.17, 15) is 8.78 Å². The zero-order valence-corrected chi connectivity index (χ0v) is 9.62. The van der Waals surface area contributed by atoms with Crippen molar-refractivity contribution in [1.29, 1.82) is 0 Å². The molecular formula is C13H9F2NS. The Hall–Kier alpha value is -1.68. The van der Waals surface area contributed by atoms with Crippen molar-refractivity contribution in [2.75, 3.05) is 0 Å². The van der Waals surface area contributed by atoms with E-state index in [0.717, 1.165) is 10.5 Å². The molecule has 2 aromatic rings. The van der Waals surface area contributed by atoms with Crippen LogP contribution in [0.1, 0.15) is 5.56 Å². The maximum atomic E-state index is 12.9. The van der Waals surface area contributed by atoms with Gasteiger partial charge in [-0.15, -0.1) is 0 Å². The maximum absolute atomic E-state index is 12.9. The summed E-state index contributed by atoms with van der Waals surface area (Å²) in [6.07, 6.45) is 1.61.